The minimum atomic E-state index is -3.87. The zero-order chi connectivity index (χ0) is 18.7. The van der Waals surface area contributed by atoms with Crippen LogP contribution in [0.3, 0.4) is 0 Å². The summed E-state index contributed by atoms with van der Waals surface area (Å²) in [5, 5.41) is 10.8. The highest BCUT2D eigenvalue weighted by Gasteiger charge is 2.19. The van der Waals surface area contributed by atoms with Gasteiger partial charge >= 0.3 is 5.97 Å². The van der Waals surface area contributed by atoms with Crippen molar-refractivity contribution in [2.24, 2.45) is 0 Å². The number of ether oxygens (including phenoxy) is 1. The molecule has 7 nitrogen and oxygen atoms in total. The fourth-order valence-electron chi connectivity index (χ4n) is 2.14. The zero-order valence-electron chi connectivity index (χ0n) is 13.5. The van der Waals surface area contributed by atoms with Gasteiger partial charge in [0.2, 0.25) is 0 Å². The Kier molecular flexibility index (Phi) is 4.92. The van der Waals surface area contributed by atoms with Crippen LogP contribution in [0.25, 0.3) is 10.6 Å². The number of nitrogens with one attached hydrogen (secondary N) is 1. The minimum Gasteiger partial charge on any atom is -0.497 e. The Bertz CT molecular complexity index is 1030. The fourth-order valence-corrected chi connectivity index (χ4v) is 4.30. The third-order valence-corrected chi connectivity index (χ3v) is 5.78. The van der Waals surface area contributed by atoms with Gasteiger partial charge in [-0.05, 0) is 48.5 Å². The lowest BCUT2D eigenvalue weighted by Crippen LogP contribution is -2.13. The molecule has 26 heavy (non-hydrogen) atoms. The van der Waals surface area contributed by atoms with Crippen LogP contribution in [0.5, 0.6) is 5.75 Å². The number of methoxy groups -OCH3 is 1. The SMILES string of the molecule is COc1ccc(-c2nc(S(=O)(=O)Nc3ccc(C(=O)O)cc3)cs2)cc1. The summed E-state index contributed by atoms with van der Waals surface area (Å²) in [6.45, 7) is 0. The van der Waals surface area contributed by atoms with Gasteiger partial charge in [-0.3, -0.25) is 4.72 Å². The van der Waals surface area contributed by atoms with E-state index in [-0.39, 0.29) is 16.3 Å². The molecule has 0 saturated heterocycles. The quantitative estimate of drug-likeness (QED) is 0.669. The number of anilines is 1. The number of aromatic carboxylic acids is 1. The molecule has 134 valence electrons. The molecule has 2 N–H and O–H groups in total. The Hall–Kier alpha value is -2.91. The monoisotopic (exact) mass is 390 g/mol. The number of sulfonamides is 1. The Balaban J connectivity index is 1.81. The van der Waals surface area contributed by atoms with Crippen LogP contribution in [0.15, 0.2) is 58.9 Å². The van der Waals surface area contributed by atoms with Crippen LogP contribution in [0.2, 0.25) is 0 Å². The Morgan fingerprint density at radius 2 is 1.77 bits per heavy atom. The van der Waals surface area contributed by atoms with Gasteiger partial charge in [-0.25, -0.2) is 9.78 Å². The summed E-state index contributed by atoms with van der Waals surface area (Å²) in [7, 11) is -2.30. The standard InChI is InChI=1S/C17H14N2O5S2/c1-24-14-8-4-11(5-9-14)16-18-15(10-25-16)26(22,23)19-13-6-2-12(3-7-13)17(20)21/h2-10,19H,1H3,(H,20,21). The smallest absolute Gasteiger partial charge is 0.335 e. The molecule has 1 heterocycles. The molecule has 9 heteroatoms. The van der Waals surface area contributed by atoms with Crippen LogP contribution in [-0.4, -0.2) is 31.6 Å². The Morgan fingerprint density at radius 3 is 2.35 bits per heavy atom. The molecule has 0 aliphatic rings. The number of benzene rings is 2. The van der Waals surface area contributed by atoms with Crippen molar-refractivity contribution in [3.05, 3.63) is 59.5 Å². The summed E-state index contributed by atoms with van der Waals surface area (Å²) in [4.78, 5) is 15.0. The van der Waals surface area contributed by atoms with Gasteiger partial charge in [-0.15, -0.1) is 11.3 Å². The van der Waals surface area contributed by atoms with Crippen LogP contribution in [0, 0.1) is 0 Å². The Morgan fingerprint density at radius 1 is 1.12 bits per heavy atom. The highest BCUT2D eigenvalue weighted by Crippen LogP contribution is 2.28. The summed E-state index contributed by atoms with van der Waals surface area (Å²) in [6, 6.07) is 12.6. The molecule has 3 rings (SSSR count). The van der Waals surface area contributed by atoms with Gasteiger partial charge in [0.15, 0.2) is 5.03 Å². The molecular formula is C17H14N2O5S2. The predicted octanol–water partition coefficient (Wildman–Crippen LogP) is 3.32. The minimum absolute atomic E-state index is 0.0726. The van der Waals surface area contributed by atoms with Crippen molar-refractivity contribution in [1.29, 1.82) is 0 Å². The second-order valence-corrected chi connectivity index (χ2v) is 7.69. The molecule has 0 aliphatic heterocycles. The van der Waals surface area contributed by atoms with Gasteiger partial charge in [0.1, 0.15) is 10.8 Å². The lowest BCUT2D eigenvalue weighted by Gasteiger charge is -2.06. The third-order valence-electron chi connectivity index (χ3n) is 3.48. The molecule has 0 amide bonds. The highest BCUT2D eigenvalue weighted by molar-refractivity contribution is 7.92. The summed E-state index contributed by atoms with van der Waals surface area (Å²) >= 11 is 1.21. The molecule has 0 radical (unpaired) electrons. The summed E-state index contributed by atoms with van der Waals surface area (Å²) in [5.41, 5.74) is 1.11. The molecule has 0 atom stereocenters. The average molecular weight is 390 g/mol. The largest absolute Gasteiger partial charge is 0.497 e. The molecule has 0 bridgehead atoms. The first-order chi connectivity index (χ1) is 12.4. The van der Waals surface area contributed by atoms with Gasteiger partial charge in [-0.1, -0.05) is 0 Å². The van der Waals surface area contributed by atoms with E-state index in [2.05, 4.69) is 9.71 Å². The van der Waals surface area contributed by atoms with E-state index in [1.54, 1.807) is 31.4 Å². The van der Waals surface area contributed by atoms with E-state index < -0.39 is 16.0 Å². The summed E-state index contributed by atoms with van der Waals surface area (Å²) < 4.78 is 32.4. The highest BCUT2D eigenvalue weighted by atomic mass is 32.2. The number of hydrogen-bond donors (Lipinski definition) is 2. The summed E-state index contributed by atoms with van der Waals surface area (Å²) in [6.07, 6.45) is 0. The molecule has 2 aromatic carbocycles. The lowest BCUT2D eigenvalue weighted by atomic mass is 10.2. The number of carbonyl (C=O) groups is 1. The topological polar surface area (TPSA) is 106 Å². The number of hydrogen-bond acceptors (Lipinski definition) is 6. The van der Waals surface area contributed by atoms with E-state index in [4.69, 9.17) is 9.84 Å². The lowest BCUT2D eigenvalue weighted by molar-refractivity contribution is 0.0697. The van der Waals surface area contributed by atoms with Crippen molar-refractivity contribution in [3.63, 3.8) is 0 Å². The molecule has 1 aromatic heterocycles. The maximum atomic E-state index is 12.5. The summed E-state index contributed by atoms with van der Waals surface area (Å²) in [5.74, 6) is -0.382. The number of carboxylic acids is 1. The van der Waals surface area contributed by atoms with E-state index in [1.807, 2.05) is 0 Å². The predicted molar refractivity (Wildman–Crippen MR) is 98.3 cm³/mol. The van der Waals surface area contributed by atoms with Gasteiger partial charge in [0.05, 0.1) is 12.7 Å². The van der Waals surface area contributed by atoms with Crippen LogP contribution in [0.1, 0.15) is 10.4 Å². The van der Waals surface area contributed by atoms with E-state index in [0.29, 0.717) is 10.8 Å². The van der Waals surface area contributed by atoms with E-state index in [0.717, 1.165) is 5.56 Å². The molecular weight excluding hydrogens is 376 g/mol. The van der Waals surface area contributed by atoms with E-state index in [1.165, 1.54) is 41.0 Å². The molecule has 0 aliphatic carbocycles. The van der Waals surface area contributed by atoms with Crippen LogP contribution in [-0.2, 0) is 10.0 Å². The molecule has 0 spiro atoms. The normalized spacial score (nSPS) is 11.1. The second kappa shape index (κ2) is 7.14. The number of thiazole rings is 1. The second-order valence-electron chi connectivity index (χ2n) is 5.21. The van der Waals surface area contributed by atoms with Gasteiger partial charge in [-0.2, -0.15) is 8.42 Å². The van der Waals surface area contributed by atoms with Crippen LogP contribution < -0.4 is 9.46 Å². The molecule has 0 saturated carbocycles. The van der Waals surface area contributed by atoms with Crippen molar-refractivity contribution < 1.29 is 23.1 Å². The number of rotatable bonds is 6. The number of aromatic nitrogens is 1. The number of carboxylic acid groups (broad SMARTS) is 1. The molecule has 0 fully saturated rings. The van der Waals surface area contributed by atoms with Gasteiger partial charge < -0.3 is 9.84 Å². The zero-order valence-corrected chi connectivity index (χ0v) is 15.2. The van der Waals surface area contributed by atoms with Crippen molar-refractivity contribution in [3.8, 4) is 16.3 Å². The van der Waals surface area contributed by atoms with Gasteiger partial charge in [0, 0.05) is 16.6 Å². The van der Waals surface area contributed by atoms with Gasteiger partial charge in [0.25, 0.3) is 10.0 Å². The van der Waals surface area contributed by atoms with Crippen LogP contribution in [0.4, 0.5) is 5.69 Å². The molecule has 0 unspecified atom stereocenters. The Labute approximate surface area is 154 Å². The maximum Gasteiger partial charge on any atom is 0.335 e. The first-order valence-electron chi connectivity index (χ1n) is 7.35. The first kappa shape index (κ1) is 17.9. The maximum absolute atomic E-state index is 12.5. The van der Waals surface area contributed by atoms with E-state index >= 15 is 0 Å². The average Bonchev–Trinajstić information content (AvgIpc) is 3.13. The van der Waals surface area contributed by atoms with Crippen molar-refractivity contribution in [1.82, 2.24) is 4.98 Å². The van der Waals surface area contributed by atoms with Crippen molar-refractivity contribution >= 4 is 33.0 Å². The molecule has 3 aromatic rings. The fraction of sp³-hybridized carbons (Fsp3) is 0.0588. The van der Waals surface area contributed by atoms with E-state index in [9.17, 15) is 13.2 Å². The van der Waals surface area contributed by atoms with Crippen molar-refractivity contribution in [2.75, 3.05) is 11.8 Å². The third kappa shape index (κ3) is 3.84. The van der Waals surface area contributed by atoms with Crippen molar-refractivity contribution in [2.45, 2.75) is 5.03 Å². The first-order valence-corrected chi connectivity index (χ1v) is 9.71. The van der Waals surface area contributed by atoms with Crippen LogP contribution >= 0.6 is 11.3 Å². The number of nitrogens with zero attached hydrogens (tertiary/aromatic N) is 1.